The summed E-state index contributed by atoms with van der Waals surface area (Å²) in [5, 5.41) is 6.75. The van der Waals surface area contributed by atoms with Crippen molar-refractivity contribution in [2.24, 2.45) is 0 Å². The van der Waals surface area contributed by atoms with Crippen molar-refractivity contribution in [3.8, 4) is 5.69 Å². The minimum Gasteiger partial charge on any atom is -0.365 e. The molecule has 1 aliphatic rings. The number of urea groups is 1. The number of benzene rings is 1. The van der Waals surface area contributed by atoms with Gasteiger partial charge in [-0.05, 0) is 38.5 Å². The van der Waals surface area contributed by atoms with Crippen LogP contribution in [0.4, 0.5) is 4.79 Å². The summed E-state index contributed by atoms with van der Waals surface area (Å²) in [7, 11) is 0. The van der Waals surface area contributed by atoms with Gasteiger partial charge in [0.05, 0.1) is 25.2 Å². The van der Waals surface area contributed by atoms with Crippen LogP contribution < -0.4 is 5.32 Å². The number of aryl methyl sites for hydroxylation is 2. The molecule has 0 bridgehead atoms. The molecule has 0 aliphatic carbocycles. The SMILES string of the molecule is Cc1noc(COC2CN(C(=O)NC(C)c3ccc(-n4ccnc4C)cc3)C2)n1. The van der Waals surface area contributed by atoms with Gasteiger partial charge in [-0.25, -0.2) is 9.78 Å². The zero-order chi connectivity index (χ0) is 20.4. The Bertz CT molecular complexity index is 974. The molecule has 1 aromatic carbocycles. The molecular weight excluding hydrogens is 372 g/mol. The topological polar surface area (TPSA) is 98.3 Å². The van der Waals surface area contributed by atoms with Crippen LogP contribution >= 0.6 is 0 Å². The molecule has 3 heterocycles. The van der Waals surface area contributed by atoms with Crippen molar-refractivity contribution >= 4 is 6.03 Å². The molecule has 0 radical (unpaired) electrons. The number of aromatic nitrogens is 4. The minimum atomic E-state index is -0.0967. The van der Waals surface area contributed by atoms with E-state index in [2.05, 4.69) is 20.4 Å². The van der Waals surface area contributed by atoms with Crippen molar-refractivity contribution in [1.29, 1.82) is 0 Å². The molecule has 9 heteroatoms. The summed E-state index contributed by atoms with van der Waals surface area (Å²) >= 11 is 0. The normalized spacial score (nSPS) is 15.2. The summed E-state index contributed by atoms with van der Waals surface area (Å²) < 4.78 is 12.7. The Labute approximate surface area is 168 Å². The number of ether oxygens (including phenoxy) is 1. The van der Waals surface area contributed by atoms with Gasteiger partial charge in [-0.1, -0.05) is 17.3 Å². The van der Waals surface area contributed by atoms with Gasteiger partial charge in [0.15, 0.2) is 5.82 Å². The maximum absolute atomic E-state index is 12.4. The summed E-state index contributed by atoms with van der Waals surface area (Å²) in [6.45, 7) is 7.05. The van der Waals surface area contributed by atoms with Gasteiger partial charge in [0.1, 0.15) is 12.4 Å². The molecule has 0 spiro atoms. The number of carbonyl (C=O) groups is 1. The third-order valence-electron chi connectivity index (χ3n) is 4.98. The lowest BCUT2D eigenvalue weighted by atomic mass is 10.1. The van der Waals surface area contributed by atoms with Crippen LogP contribution in [0.25, 0.3) is 5.69 Å². The van der Waals surface area contributed by atoms with Gasteiger partial charge in [0, 0.05) is 18.1 Å². The summed E-state index contributed by atoms with van der Waals surface area (Å²) in [4.78, 5) is 22.5. The second-order valence-corrected chi connectivity index (χ2v) is 7.18. The standard InChI is InChI=1S/C20H24N6O3/c1-13(16-4-6-17(7-5-16)26-9-8-21-15(26)3)22-20(27)25-10-18(11-25)28-12-19-23-14(2)24-29-19/h4-9,13,18H,10-12H2,1-3H3,(H,22,27). The highest BCUT2D eigenvalue weighted by molar-refractivity contribution is 5.75. The average molecular weight is 396 g/mol. The lowest BCUT2D eigenvalue weighted by Gasteiger charge is -2.39. The number of carbonyl (C=O) groups excluding carboxylic acids is 1. The number of nitrogens with one attached hydrogen (secondary N) is 1. The summed E-state index contributed by atoms with van der Waals surface area (Å²) in [5.41, 5.74) is 2.08. The molecule has 3 aromatic rings. The smallest absolute Gasteiger partial charge is 0.318 e. The Morgan fingerprint density at radius 2 is 2.07 bits per heavy atom. The Hall–Kier alpha value is -3.20. The molecular formula is C20H24N6O3. The van der Waals surface area contributed by atoms with Gasteiger partial charge >= 0.3 is 6.03 Å². The number of amides is 2. The molecule has 9 nitrogen and oxygen atoms in total. The Kier molecular flexibility index (Phi) is 5.30. The Balaban J connectivity index is 1.24. The third-order valence-corrected chi connectivity index (χ3v) is 4.98. The van der Waals surface area contributed by atoms with E-state index in [0.29, 0.717) is 24.8 Å². The van der Waals surface area contributed by atoms with E-state index in [1.807, 2.05) is 48.9 Å². The lowest BCUT2D eigenvalue weighted by Crippen LogP contribution is -2.57. The van der Waals surface area contributed by atoms with E-state index in [1.54, 1.807) is 18.0 Å². The number of nitrogens with zero attached hydrogens (tertiary/aromatic N) is 5. The monoisotopic (exact) mass is 396 g/mol. The second kappa shape index (κ2) is 8.04. The Morgan fingerprint density at radius 3 is 2.69 bits per heavy atom. The van der Waals surface area contributed by atoms with Gasteiger partial charge in [0.25, 0.3) is 5.89 Å². The van der Waals surface area contributed by atoms with Crippen molar-refractivity contribution in [3.05, 3.63) is 59.8 Å². The first kappa shape index (κ1) is 19.1. The van der Waals surface area contributed by atoms with Crippen LogP contribution in [0, 0.1) is 13.8 Å². The van der Waals surface area contributed by atoms with Crippen LogP contribution in [0.1, 0.15) is 36.1 Å². The molecule has 4 rings (SSSR count). The summed E-state index contributed by atoms with van der Waals surface area (Å²) in [6.07, 6.45) is 3.69. The van der Waals surface area contributed by atoms with Crippen molar-refractivity contribution in [1.82, 2.24) is 29.9 Å². The van der Waals surface area contributed by atoms with Crippen molar-refractivity contribution in [2.75, 3.05) is 13.1 Å². The molecule has 1 atom stereocenters. The van der Waals surface area contributed by atoms with Gasteiger partial charge in [0.2, 0.25) is 0 Å². The molecule has 1 N–H and O–H groups in total. The first-order valence-electron chi connectivity index (χ1n) is 9.56. The number of hydrogen-bond acceptors (Lipinski definition) is 6. The predicted molar refractivity (Wildman–Crippen MR) is 104 cm³/mol. The molecule has 1 aliphatic heterocycles. The van der Waals surface area contributed by atoms with Crippen molar-refractivity contribution < 1.29 is 14.1 Å². The molecule has 2 amide bonds. The lowest BCUT2D eigenvalue weighted by molar-refractivity contribution is -0.0518. The van der Waals surface area contributed by atoms with E-state index in [4.69, 9.17) is 9.26 Å². The fourth-order valence-corrected chi connectivity index (χ4v) is 3.23. The van der Waals surface area contributed by atoms with E-state index in [0.717, 1.165) is 17.1 Å². The fraction of sp³-hybridized carbons (Fsp3) is 0.400. The Morgan fingerprint density at radius 1 is 1.31 bits per heavy atom. The predicted octanol–water partition coefficient (Wildman–Crippen LogP) is 2.54. The highest BCUT2D eigenvalue weighted by Crippen LogP contribution is 2.19. The number of hydrogen-bond donors (Lipinski definition) is 1. The van der Waals surface area contributed by atoms with Crippen LogP contribution in [0.15, 0.2) is 41.2 Å². The van der Waals surface area contributed by atoms with Gasteiger partial charge in [-0.3, -0.25) is 0 Å². The van der Waals surface area contributed by atoms with Gasteiger partial charge in [-0.15, -0.1) is 0 Å². The second-order valence-electron chi connectivity index (χ2n) is 7.18. The minimum absolute atomic E-state index is 0.0130. The maximum Gasteiger partial charge on any atom is 0.318 e. The van der Waals surface area contributed by atoms with Crippen LogP contribution in [0.2, 0.25) is 0 Å². The molecule has 1 saturated heterocycles. The molecule has 2 aromatic heterocycles. The van der Waals surface area contributed by atoms with E-state index in [9.17, 15) is 4.79 Å². The van der Waals surface area contributed by atoms with Gasteiger partial charge in [-0.2, -0.15) is 4.98 Å². The average Bonchev–Trinajstić information content (AvgIpc) is 3.28. The number of rotatable bonds is 6. The highest BCUT2D eigenvalue weighted by atomic mass is 16.5. The molecule has 1 unspecified atom stereocenters. The molecule has 0 saturated carbocycles. The first-order valence-corrected chi connectivity index (χ1v) is 9.56. The zero-order valence-electron chi connectivity index (χ0n) is 16.7. The van der Waals surface area contributed by atoms with E-state index in [-0.39, 0.29) is 24.8 Å². The van der Waals surface area contributed by atoms with Crippen LogP contribution in [-0.4, -0.2) is 49.8 Å². The third kappa shape index (κ3) is 4.29. The largest absolute Gasteiger partial charge is 0.365 e. The molecule has 1 fully saturated rings. The van der Waals surface area contributed by atoms with Crippen molar-refractivity contribution in [3.63, 3.8) is 0 Å². The zero-order valence-corrected chi connectivity index (χ0v) is 16.7. The molecule has 152 valence electrons. The summed E-state index contributed by atoms with van der Waals surface area (Å²) in [5.74, 6) is 1.97. The quantitative estimate of drug-likeness (QED) is 0.688. The summed E-state index contributed by atoms with van der Waals surface area (Å²) in [6, 6.07) is 7.91. The molecule has 29 heavy (non-hydrogen) atoms. The highest BCUT2D eigenvalue weighted by Gasteiger charge is 2.32. The van der Waals surface area contributed by atoms with Crippen molar-refractivity contribution in [2.45, 2.75) is 39.5 Å². The first-order chi connectivity index (χ1) is 14.0. The van der Waals surface area contributed by atoms with Gasteiger partial charge < -0.3 is 24.0 Å². The van der Waals surface area contributed by atoms with E-state index < -0.39 is 0 Å². The fourth-order valence-electron chi connectivity index (χ4n) is 3.23. The van der Waals surface area contributed by atoms with E-state index in [1.165, 1.54) is 0 Å². The van der Waals surface area contributed by atoms with E-state index >= 15 is 0 Å². The van der Waals surface area contributed by atoms with Crippen LogP contribution in [-0.2, 0) is 11.3 Å². The van der Waals surface area contributed by atoms with Crippen LogP contribution in [0.5, 0.6) is 0 Å². The number of likely N-dealkylation sites (tertiary alicyclic amines) is 1. The van der Waals surface area contributed by atoms with Crippen LogP contribution in [0.3, 0.4) is 0 Å². The number of imidazole rings is 1. The maximum atomic E-state index is 12.4.